The van der Waals surface area contributed by atoms with Crippen LogP contribution in [0.5, 0.6) is 5.75 Å². The molecule has 1 amide bonds. The fourth-order valence-corrected chi connectivity index (χ4v) is 3.88. The SMILES string of the molecule is Cc1ccc2sc(C(=O)O)c(COc3ccc(C(N)=O)cc3)c2c1Cl. The van der Waals surface area contributed by atoms with E-state index in [9.17, 15) is 14.7 Å². The maximum Gasteiger partial charge on any atom is 0.346 e. The average Bonchev–Trinajstić information content (AvgIpc) is 2.96. The van der Waals surface area contributed by atoms with Crippen LogP contribution in [0.25, 0.3) is 10.1 Å². The molecule has 0 spiro atoms. The monoisotopic (exact) mass is 375 g/mol. The summed E-state index contributed by atoms with van der Waals surface area (Å²) in [5.74, 6) is -1.03. The molecule has 0 saturated carbocycles. The molecule has 0 unspecified atom stereocenters. The zero-order valence-corrected chi connectivity index (χ0v) is 14.8. The summed E-state index contributed by atoms with van der Waals surface area (Å²) in [4.78, 5) is 22.9. The van der Waals surface area contributed by atoms with E-state index >= 15 is 0 Å². The van der Waals surface area contributed by atoms with Gasteiger partial charge in [-0.25, -0.2) is 4.79 Å². The van der Waals surface area contributed by atoms with E-state index in [2.05, 4.69) is 0 Å². The number of carboxylic acids is 1. The topological polar surface area (TPSA) is 89.6 Å². The lowest BCUT2D eigenvalue weighted by molar-refractivity contribution is 0.0699. The molecule has 0 aliphatic rings. The van der Waals surface area contributed by atoms with Gasteiger partial charge in [-0.15, -0.1) is 11.3 Å². The number of amides is 1. The number of aromatic carboxylic acids is 1. The predicted octanol–water partition coefficient (Wildman–Crippen LogP) is 4.24. The van der Waals surface area contributed by atoms with Crippen molar-refractivity contribution in [2.45, 2.75) is 13.5 Å². The van der Waals surface area contributed by atoms with Crippen molar-refractivity contribution in [3.63, 3.8) is 0 Å². The van der Waals surface area contributed by atoms with Crippen LogP contribution in [0.15, 0.2) is 36.4 Å². The first-order valence-corrected chi connectivity index (χ1v) is 8.54. The third-order valence-corrected chi connectivity index (χ3v) is 5.47. The van der Waals surface area contributed by atoms with E-state index in [0.29, 0.717) is 27.3 Å². The van der Waals surface area contributed by atoms with Crippen molar-refractivity contribution in [2.75, 3.05) is 0 Å². The summed E-state index contributed by atoms with van der Waals surface area (Å²) in [5, 5.41) is 10.7. The lowest BCUT2D eigenvalue weighted by Gasteiger charge is -2.08. The Morgan fingerprint density at radius 3 is 2.48 bits per heavy atom. The third kappa shape index (κ3) is 3.31. The summed E-state index contributed by atoms with van der Waals surface area (Å²) in [5.41, 5.74) is 6.99. The molecule has 0 atom stereocenters. The van der Waals surface area contributed by atoms with Gasteiger partial charge in [0.1, 0.15) is 17.2 Å². The highest BCUT2D eigenvalue weighted by Gasteiger charge is 2.21. The van der Waals surface area contributed by atoms with Crippen molar-refractivity contribution in [1.82, 2.24) is 0 Å². The molecule has 0 saturated heterocycles. The second kappa shape index (κ2) is 6.74. The van der Waals surface area contributed by atoms with Crippen molar-refractivity contribution in [2.24, 2.45) is 5.73 Å². The van der Waals surface area contributed by atoms with E-state index in [0.717, 1.165) is 10.3 Å². The predicted molar refractivity (Wildman–Crippen MR) is 97.8 cm³/mol. The van der Waals surface area contributed by atoms with Crippen molar-refractivity contribution < 1.29 is 19.4 Å². The van der Waals surface area contributed by atoms with Crippen LogP contribution in [0.2, 0.25) is 5.02 Å². The quantitative estimate of drug-likeness (QED) is 0.697. The number of aryl methyl sites for hydroxylation is 1. The number of benzene rings is 2. The Morgan fingerprint density at radius 1 is 1.20 bits per heavy atom. The minimum absolute atomic E-state index is 0.0563. The summed E-state index contributed by atoms with van der Waals surface area (Å²) < 4.78 is 6.51. The third-order valence-electron chi connectivity index (χ3n) is 3.80. The molecule has 25 heavy (non-hydrogen) atoms. The lowest BCUT2D eigenvalue weighted by atomic mass is 10.1. The molecule has 0 fully saturated rings. The second-order valence-corrected chi connectivity index (χ2v) is 6.89. The molecule has 128 valence electrons. The highest BCUT2D eigenvalue weighted by molar-refractivity contribution is 7.21. The molecule has 3 aromatic rings. The van der Waals surface area contributed by atoms with Gasteiger partial charge in [0, 0.05) is 21.2 Å². The summed E-state index contributed by atoms with van der Waals surface area (Å²) in [6.45, 7) is 1.92. The Labute approximate surface area is 152 Å². The number of carbonyl (C=O) groups excluding carboxylic acids is 1. The Morgan fingerprint density at radius 2 is 1.88 bits per heavy atom. The minimum atomic E-state index is -1.02. The molecule has 3 rings (SSSR count). The van der Waals surface area contributed by atoms with Gasteiger partial charge in [-0.1, -0.05) is 17.7 Å². The Hall–Kier alpha value is -2.57. The summed E-state index contributed by atoms with van der Waals surface area (Å²) in [6.07, 6.45) is 0. The number of rotatable bonds is 5. The summed E-state index contributed by atoms with van der Waals surface area (Å²) >= 11 is 7.56. The van der Waals surface area contributed by atoms with E-state index in [4.69, 9.17) is 22.1 Å². The van der Waals surface area contributed by atoms with Gasteiger partial charge >= 0.3 is 5.97 Å². The second-order valence-electron chi connectivity index (χ2n) is 5.46. The number of primary amides is 1. The first-order chi connectivity index (χ1) is 11.9. The summed E-state index contributed by atoms with van der Waals surface area (Å²) in [6, 6.07) is 10.1. The molecule has 2 aromatic carbocycles. The molecule has 5 nitrogen and oxygen atoms in total. The van der Waals surface area contributed by atoms with Gasteiger partial charge in [-0.3, -0.25) is 4.79 Å². The molecule has 1 aromatic heterocycles. The number of halogens is 1. The van der Waals surface area contributed by atoms with E-state index < -0.39 is 11.9 Å². The fraction of sp³-hybridized carbons (Fsp3) is 0.111. The molecular formula is C18H14ClNO4S. The number of nitrogens with two attached hydrogens (primary N) is 1. The number of thiophene rings is 1. The fourth-order valence-electron chi connectivity index (χ4n) is 2.50. The highest BCUT2D eigenvalue weighted by atomic mass is 35.5. The highest BCUT2D eigenvalue weighted by Crippen LogP contribution is 2.38. The van der Waals surface area contributed by atoms with Crippen LogP contribution in [-0.2, 0) is 6.61 Å². The standard InChI is InChI=1S/C18H14ClNO4S/c1-9-2-7-13-14(15(9)19)12(16(25-13)18(22)23)8-24-11-5-3-10(4-6-11)17(20)21/h2-7H,8H2,1H3,(H2,20,21)(H,22,23). The van der Waals surface area contributed by atoms with Gasteiger partial charge in [0.05, 0.1) is 5.02 Å². The van der Waals surface area contributed by atoms with Crippen LogP contribution in [0.3, 0.4) is 0 Å². The Kier molecular flexibility index (Phi) is 4.65. The van der Waals surface area contributed by atoms with Gasteiger partial charge in [0.2, 0.25) is 5.91 Å². The van der Waals surface area contributed by atoms with Crippen molar-refractivity contribution in [3.05, 3.63) is 63.0 Å². The average molecular weight is 376 g/mol. The Balaban J connectivity index is 1.97. The molecule has 0 aliphatic carbocycles. The first kappa shape index (κ1) is 17.3. The number of fused-ring (bicyclic) bond motifs is 1. The van der Waals surface area contributed by atoms with Crippen LogP contribution < -0.4 is 10.5 Å². The van der Waals surface area contributed by atoms with Crippen molar-refractivity contribution >= 4 is 44.9 Å². The van der Waals surface area contributed by atoms with Crippen molar-refractivity contribution in [3.8, 4) is 5.75 Å². The lowest BCUT2D eigenvalue weighted by Crippen LogP contribution is -2.10. The van der Waals surface area contributed by atoms with Crippen LogP contribution in [0, 0.1) is 6.92 Å². The number of hydrogen-bond donors (Lipinski definition) is 2. The van der Waals surface area contributed by atoms with E-state index in [1.807, 2.05) is 19.1 Å². The van der Waals surface area contributed by atoms with E-state index in [1.54, 1.807) is 24.3 Å². The molecule has 1 heterocycles. The van der Waals surface area contributed by atoms with Gasteiger partial charge in [0.15, 0.2) is 0 Å². The van der Waals surface area contributed by atoms with Gasteiger partial charge in [0.25, 0.3) is 0 Å². The van der Waals surface area contributed by atoms with Crippen LogP contribution in [-0.4, -0.2) is 17.0 Å². The molecule has 0 radical (unpaired) electrons. The van der Waals surface area contributed by atoms with Crippen LogP contribution in [0.1, 0.15) is 31.2 Å². The van der Waals surface area contributed by atoms with E-state index in [1.165, 1.54) is 11.3 Å². The van der Waals surface area contributed by atoms with Crippen LogP contribution >= 0.6 is 22.9 Å². The molecular weight excluding hydrogens is 362 g/mol. The maximum atomic E-state index is 11.6. The van der Waals surface area contributed by atoms with Crippen LogP contribution in [0.4, 0.5) is 0 Å². The van der Waals surface area contributed by atoms with Crippen molar-refractivity contribution in [1.29, 1.82) is 0 Å². The zero-order valence-electron chi connectivity index (χ0n) is 13.2. The minimum Gasteiger partial charge on any atom is -0.489 e. The molecule has 7 heteroatoms. The first-order valence-electron chi connectivity index (χ1n) is 7.35. The number of carboxylic acid groups (broad SMARTS) is 1. The largest absolute Gasteiger partial charge is 0.489 e. The van der Waals surface area contributed by atoms with Gasteiger partial charge in [-0.2, -0.15) is 0 Å². The molecule has 0 aliphatic heterocycles. The number of hydrogen-bond acceptors (Lipinski definition) is 4. The maximum absolute atomic E-state index is 11.6. The number of carbonyl (C=O) groups is 2. The number of ether oxygens (including phenoxy) is 1. The molecule has 0 bridgehead atoms. The van der Waals surface area contributed by atoms with E-state index in [-0.39, 0.29) is 11.5 Å². The summed E-state index contributed by atoms with van der Waals surface area (Å²) in [7, 11) is 0. The smallest absolute Gasteiger partial charge is 0.346 e. The molecule has 3 N–H and O–H groups in total. The van der Waals surface area contributed by atoms with Gasteiger partial charge in [-0.05, 0) is 42.8 Å². The van der Waals surface area contributed by atoms with Gasteiger partial charge < -0.3 is 15.6 Å². The zero-order chi connectivity index (χ0) is 18.1. The normalized spacial score (nSPS) is 10.8. The Bertz CT molecular complexity index is 979.